The van der Waals surface area contributed by atoms with Gasteiger partial charge >= 0.3 is 5.97 Å². The van der Waals surface area contributed by atoms with Crippen LogP contribution < -0.4 is 5.32 Å². The predicted molar refractivity (Wildman–Crippen MR) is 113 cm³/mol. The van der Waals surface area contributed by atoms with Crippen molar-refractivity contribution < 1.29 is 18.7 Å². The Morgan fingerprint density at radius 2 is 1.90 bits per heavy atom. The molecule has 3 aromatic rings. The lowest BCUT2D eigenvalue weighted by molar-refractivity contribution is -0.117. The number of hydrogen-bond acceptors (Lipinski definition) is 6. The fraction of sp³-hybridized carbons (Fsp3) is 0.273. The number of nitrogens with one attached hydrogen (secondary N) is 1. The maximum atomic E-state index is 12.6. The zero-order chi connectivity index (χ0) is 20.6. The van der Waals surface area contributed by atoms with E-state index < -0.39 is 0 Å². The van der Waals surface area contributed by atoms with Crippen molar-refractivity contribution >= 4 is 28.9 Å². The van der Waals surface area contributed by atoms with Crippen LogP contribution in [0.15, 0.2) is 64.6 Å². The molecule has 1 amide bonds. The normalized spacial score (nSPS) is 11.0. The highest BCUT2D eigenvalue weighted by atomic mass is 32.1. The number of rotatable bonds is 9. The number of carbonyl (C=O) groups is 2. The molecule has 3 rings (SSSR count). The lowest BCUT2D eigenvalue weighted by atomic mass is 10.2. The van der Waals surface area contributed by atoms with E-state index in [-0.39, 0.29) is 24.5 Å². The van der Waals surface area contributed by atoms with Crippen LogP contribution in [0.1, 0.15) is 34.8 Å². The van der Waals surface area contributed by atoms with Gasteiger partial charge in [0.25, 0.3) is 0 Å². The third-order valence-electron chi connectivity index (χ3n) is 4.03. The summed E-state index contributed by atoms with van der Waals surface area (Å²) in [6.07, 6.45) is 1.45. The summed E-state index contributed by atoms with van der Waals surface area (Å²) < 4.78 is 10.6. The lowest BCUT2D eigenvalue weighted by Gasteiger charge is -2.20. The second-order valence-corrected chi connectivity index (χ2v) is 7.92. The van der Waals surface area contributed by atoms with Gasteiger partial charge in [0.15, 0.2) is 0 Å². The maximum Gasteiger partial charge on any atom is 0.338 e. The van der Waals surface area contributed by atoms with E-state index in [9.17, 15) is 9.59 Å². The van der Waals surface area contributed by atoms with Crippen molar-refractivity contribution in [1.29, 1.82) is 0 Å². The number of carbonyl (C=O) groups excluding carboxylic acids is 2. The highest BCUT2D eigenvalue weighted by molar-refractivity contribution is 7.09. The molecular formula is C22H24N2O4S. The smallest absolute Gasteiger partial charge is 0.338 e. The molecule has 0 aliphatic rings. The Bertz CT molecular complexity index is 867. The van der Waals surface area contributed by atoms with Crippen LogP contribution in [-0.4, -0.2) is 29.4 Å². The van der Waals surface area contributed by atoms with Gasteiger partial charge in [-0.25, -0.2) is 4.79 Å². The SMILES string of the molecule is CC(C)OC(=O)c1ccc(NC(=O)CN(Cc2ccco2)Cc2cccs2)cc1. The van der Waals surface area contributed by atoms with Crippen LogP contribution in [0.5, 0.6) is 0 Å². The number of anilines is 1. The summed E-state index contributed by atoms with van der Waals surface area (Å²) in [6.45, 7) is 5.02. The molecule has 0 fully saturated rings. The van der Waals surface area contributed by atoms with Crippen molar-refractivity contribution in [2.45, 2.75) is 33.0 Å². The van der Waals surface area contributed by atoms with Crippen LogP contribution in [0.4, 0.5) is 5.69 Å². The second kappa shape index (κ2) is 10.0. The van der Waals surface area contributed by atoms with E-state index >= 15 is 0 Å². The van der Waals surface area contributed by atoms with E-state index in [1.54, 1.807) is 55.7 Å². The number of furan rings is 1. The van der Waals surface area contributed by atoms with Gasteiger partial charge in [0.2, 0.25) is 5.91 Å². The molecule has 0 unspecified atom stereocenters. The predicted octanol–water partition coefficient (Wildman–Crippen LogP) is 4.55. The zero-order valence-electron chi connectivity index (χ0n) is 16.5. The third kappa shape index (κ3) is 6.58. The summed E-state index contributed by atoms with van der Waals surface area (Å²) in [7, 11) is 0. The highest BCUT2D eigenvalue weighted by Crippen LogP contribution is 2.16. The molecule has 0 spiro atoms. The van der Waals surface area contributed by atoms with Gasteiger partial charge < -0.3 is 14.5 Å². The summed E-state index contributed by atoms with van der Waals surface area (Å²) >= 11 is 1.66. The molecule has 7 heteroatoms. The monoisotopic (exact) mass is 412 g/mol. The van der Waals surface area contributed by atoms with E-state index in [2.05, 4.69) is 5.32 Å². The average Bonchev–Trinajstić information content (AvgIpc) is 3.36. The largest absolute Gasteiger partial charge is 0.468 e. The number of nitrogens with zero attached hydrogens (tertiary/aromatic N) is 1. The van der Waals surface area contributed by atoms with Crippen molar-refractivity contribution in [3.8, 4) is 0 Å². The Morgan fingerprint density at radius 1 is 1.10 bits per heavy atom. The topological polar surface area (TPSA) is 71.8 Å². The molecule has 29 heavy (non-hydrogen) atoms. The number of ether oxygens (including phenoxy) is 1. The number of thiophene rings is 1. The third-order valence-corrected chi connectivity index (χ3v) is 4.89. The van der Waals surface area contributed by atoms with Gasteiger partial charge in [-0.05, 0) is 61.7 Å². The summed E-state index contributed by atoms with van der Waals surface area (Å²) in [5.41, 5.74) is 1.08. The molecule has 0 radical (unpaired) electrons. The van der Waals surface area contributed by atoms with Crippen molar-refractivity contribution in [1.82, 2.24) is 4.90 Å². The molecule has 2 aromatic heterocycles. The summed E-state index contributed by atoms with van der Waals surface area (Å²) in [6, 6.07) is 14.5. The molecule has 0 bridgehead atoms. The Hall–Kier alpha value is -2.90. The Labute approximate surface area is 174 Å². The first kappa shape index (κ1) is 20.8. The highest BCUT2D eigenvalue weighted by Gasteiger charge is 2.15. The standard InChI is InChI=1S/C22H24N2O4S/c1-16(2)28-22(26)17-7-9-18(10-8-17)23-21(25)15-24(13-19-5-3-11-27-19)14-20-6-4-12-29-20/h3-12,16H,13-15H2,1-2H3,(H,23,25). The fourth-order valence-corrected chi connectivity index (χ4v) is 3.54. The van der Waals surface area contributed by atoms with Gasteiger partial charge in [-0.1, -0.05) is 6.07 Å². The number of hydrogen-bond donors (Lipinski definition) is 1. The molecule has 6 nitrogen and oxygen atoms in total. The molecule has 0 atom stereocenters. The molecule has 0 aliphatic carbocycles. The molecule has 1 aromatic carbocycles. The Morgan fingerprint density at radius 3 is 2.52 bits per heavy atom. The van der Waals surface area contributed by atoms with Crippen LogP contribution >= 0.6 is 11.3 Å². The number of amides is 1. The molecule has 0 aliphatic heterocycles. The van der Waals surface area contributed by atoms with Gasteiger partial charge in [0.05, 0.1) is 31.0 Å². The van der Waals surface area contributed by atoms with Crippen LogP contribution in [0.2, 0.25) is 0 Å². The minimum Gasteiger partial charge on any atom is -0.468 e. The van der Waals surface area contributed by atoms with Crippen LogP contribution in [0, 0.1) is 0 Å². The second-order valence-electron chi connectivity index (χ2n) is 6.88. The summed E-state index contributed by atoms with van der Waals surface area (Å²) in [4.78, 5) is 27.7. The number of esters is 1. The van der Waals surface area contributed by atoms with E-state index in [0.29, 0.717) is 24.3 Å². The molecule has 152 valence electrons. The van der Waals surface area contributed by atoms with Gasteiger partial charge in [-0.3, -0.25) is 9.69 Å². The van der Waals surface area contributed by atoms with Gasteiger partial charge in [-0.2, -0.15) is 0 Å². The van der Waals surface area contributed by atoms with E-state index in [4.69, 9.17) is 9.15 Å². The first-order valence-electron chi connectivity index (χ1n) is 9.37. The van der Waals surface area contributed by atoms with Crippen molar-refractivity contribution in [3.05, 3.63) is 76.4 Å². The molecule has 0 saturated carbocycles. The van der Waals surface area contributed by atoms with E-state index in [1.807, 2.05) is 34.5 Å². The minimum atomic E-state index is -0.376. The first-order chi connectivity index (χ1) is 14.0. The lowest BCUT2D eigenvalue weighted by Crippen LogP contribution is -2.32. The Kier molecular flexibility index (Phi) is 7.21. The van der Waals surface area contributed by atoms with Crippen LogP contribution in [-0.2, 0) is 22.6 Å². The molecule has 0 saturated heterocycles. The average molecular weight is 413 g/mol. The van der Waals surface area contributed by atoms with Crippen LogP contribution in [0.25, 0.3) is 0 Å². The summed E-state index contributed by atoms with van der Waals surface area (Å²) in [5.74, 6) is 0.298. The molecular weight excluding hydrogens is 388 g/mol. The molecule has 2 heterocycles. The maximum absolute atomic E-state index is 12.6. The zero-order valence-corrected chi connectivity index (χ0v) is 17.3. The van der Waals surface area contributed by atoms with E-state index in [0.717, 1.165) is 5.76 Å². The van der Waals surface area contributed by atoms with Crippen LogP contribution in [0.3, 0.4) is 0 Å². The Balaban J connectivity index is 1.59. The quantitative estimate of drug-likeness (QED) is 0.522. The van der Waals surface area contributed by atoms with Gasteiger partial charge in [0, 0.05) is 17.1 Å². The number of benzene rings is 1. The first-order valence-corrected chi connectivity index (χ1v) is 10.3. The summed E-state index contributed by atoms with van der Waals surface area (Å²) in [5, 5.41) is 4.90. The van der Waals surface area contributed by atoms with Crippen molar-refractivity contribution in [3.63, 3.8) is 0 Å². The van der Waals surface area contributed by atoms with Gasteiger partial charge in [0.1, 0.15) is 5.76 Å². The minimum absolute atomic E-state index is 0.134. The van der Waals surface area contributed by atoms with Gasteiger partial charge in [-0.15, -0.1) is 11.3 Å². The fourth-order valence-electron chi connectivity index (χ4n) is 2.79. The molecule has 1 N–H and O–H groups in total. The van der Waals surface area contributed by atoms with Crippen molar-refractivity contribution in [2.75, 3.05) is 11.9 Å². The van der Waals surface area contributed by atoms with E-state index in [1.165, 1.54) is 4.88 Å². The van der Waals surface area contributed by atoms with Crippen molar-refractivity contribution in [2.24, 2.45) is 0 Å².